The van der Waals surface area contributed by atoms with Crippen LogP contribution in [-0.2, 0) is 9.59 Å². The van der Waals surface area contributed by atoms with E-state index in [1.54, 1.807) is 24.5 Å². The fourth-order valence-corrected chi connectivity index (χ4v) is 3.39. The fourth-order valence-electron chi connectivity index (χ4n) is 1.16. The lowest BCUT2D eigenvalue weighted by atomic mass is 10.5. The minimum atomic E-state index is -4.92. The van der Waals surface area contributed by atoms with Crippen molar-refractivity contribution < 1.29 is 35.9 Å². The van der Waals surface area contributed by atoms with Crippen LogP contribution in [0.2, 0.25) is 0 Å². The molecule has 0 aliphatic heterocycles. The summed E-state index contributed by atoms with van der Waals surface area (Å²) in [4.78, 5) is 21.1. The van der Waals surface area contributed by atoms with Gasteiger partial charge in [-0.1, -0.05) is 0 Å². The Morgan fingerprint density at radius 1 is 0.783 bits per heavy atom. The molecule has 0 bridgehead atoms. The summed E-state index contributed by atoms with van der Waals surface area (Å²) in [6, 6.07) is 0. The first-order valence-electron chi connectivity index (χ1n) is 6.23. The Hall–Kier alpha value is -0.780. The molecule has 0 aromatic rings. The lowest BCUT2D eigenvalue weighted by Gasteiger charge is -2.23. The van der Waals surface area contributed by atoms with Crippen LogP contribution in [0.15, 0.2) is 0 Å². The molecule has 4 nitrogen and oxygen atoms in total. The predicted octanol–water partition coefficient (Wildman–Crippen LogP) is 2.55. The maximum Gasteiger partial charge on any atom is 0.471 e. The zero-order chi connectivity index (χ0) is 18.3. The molecule has 0 aromatic heterocycles. The molecular weight excluding hydrogens is 370 g/mol. The second-order valence-corrected chi connectivity index (χ2v) is 8.30. The highest BCUT2D eigenvalue weighted by Gasteiger charge is 2.39. The number of halogens is 6. The molecule has 0 unspecified atom stereocenters. The monoisotopic (exact) mass is 386 g/mol. The fraction of sp³-hybridized carbons (Fsp3) is 0.818. The Morgan fingerprint density at radius 3 is 1.35 bits per heavy atom. The van der Waals surface area contributed by atoms with Crippen LogP contribution in [0.3, 0.4) is 0 Å². The van der Waals surface area contributed by atoms with E-state index < -0.39 is 28.2 Å². The van der Waals surface area contributed by atoms with E-state index in [-0.39, 0.29) is 24.6 Å². The molecule has 0 heterocycles. The Labute approximate surface area is 137 Å². The van der Waals surface area contributed by atoms with Gasteiger partial charge in [0.05, 0.1) is 4.08 Å². The molecule has 0 saturated carbocycles. The number of alkyl halides is 6. The second kappa shape index (κ2) is 8.90. The molecule has 0 fully saturated rings. The Kier molecular flexibility index (Phi) is 8.60. The minimum absolute atomic E-state index is 0.183. The number of carbonyl (C=O) groups is 2. The van der Waals surface area contributed by atoms with E-state index in [1.165, 1.54) is 23.5 Å². The molecule has 2 N–H and O–H groups in total. The predicted molar refractivity (Wildman–Crippen MR) is 77.1 cm³/mol. The quantitative estimate of drug-likeness (QED) is 0.382. The first-order valence-corrected chi connectivity index (χ1v) is 8.21. The summed E-state index contributed by atoms with van der Waals surface area (Å²) in [6.45, 7) is 3.11. The van der Waals surface area contributed by atoms with Crippen molar-refractivity contribution in [3.05, 3.63) is 0 Å². The first kappa shape index (κ1) is 22.2. The maximum absolute atomic E-state index is 11.9. The van der Waals surface area contributed by atoms with Gasteiger partial charge in [0, 0.05) is 24.6 Å². The highest BCUT2D eigenvalue weighted by Crippen LogP contribution is 2.35. The number of amides is 2. The van der Waals surface area contributed by atoms with Crippen molar-refractivity contribution in [2.75, 3.05) is 24.6 Å². The molecule has 136 valence electrons. The van der Waals surface area contributed by atoms with Crippen molar-refractivity contribution in [3.63, 3.8) is 0 Å². The average molecular weight is 386 g/mol. The molecule has 0 aliphatic carbocycles. The van der Waals surface area contributed by atoms with Gasteiger partial charge >= 0.3 is 24.2 Å². The Balaban J connectivity index is 3.90. The first-order chi connectivity index (χ1) is 10.3. The molecular formula is C11H16F6N2O2S2. The van der Waals surface area contributed by atoms with Gasteiger partial charge in [-0.25, -0.2) is 0 Å². The SMILES string of the molecule is CC(C)(SCCNC(=O)C(F)(F)F)SCCNC(=O)C(F)(F)F. The van der Waals surface area contributed by atoms with E-state index in [1.807, 2.05) is 0 Å². The van der Waals surface area contributed by atoms with Gasteiger partial charge in [-0.3, -0.25) is 9.59 Å². The minimum Gasteiger partial charge on any atom is -0.347 e. The lowest BCUT2D eigenvalue weighted by molar-refractivity contribution is -0.173. The van der Waals surface area contributed by atoms with E-state index in [0.717, 1.165) is 0 Å². The van der Waals surface area contributed by atoms with Crippen LogP contribution in [0.1, 0.15) is 13.8 Å². The van der Waals surface area contributed by atoms with Gasteiger partial charge in [0.15, 0.2) is 0 Å². The van der Waals surface area contributed by atoms with Gasteiger partial charge in [0.1, 0.15) is 0 Å². The molecule has 0 radical (unpaired) electrons. The lowest BCUT2D eigenvalue weighted by Crippen LogP contribution is -2.38. The number of thioether (sulfide) groups is 2. The molecule has 0 aliphatic rings. The molecule has 12 heteroatoms. The standard InChI is InChI=1S/C11H16F6N2O2S2/c1-9(2,22-5-3-18-7(20)10(12,13)14)23-6-4-19-8(21)11(15,16)17/h3-6H2,1-2H3,(H,18,20)(H,19,21). The molecule has 0 spiro atoms. The smallest absolute Gasteiger partial charge is 0.347 e. The molecule has 2 amide bonds. The number of nitrogens with one attached hydrogen (secondary N) is 2. The van der Waals surface area contributed by atoms with Gasteiger partial charge < -0.3 is 10.6 Å². The van der Waals surface area contributed by atoms with E-state index in [9.17, 15) is 35.9 Å². The zero-order valence-electron chi connectivity index (χ0n) is 12.2. The summed E-state index contributed by atoms with van der Waals surface area (Å²) in [7, 11) is 0. The number of hydrogen-bond acceptors (Lipinski definition) is 4. The summed E-state index contributed by atoms with van der Waals surface area (Å²) in [6.07, 6.45) is -9.85. The Morgan fingerprint density at radius 2 is 1.09 bits per heavy atom. The highest BCUT2D eigenvalue weighted by molar-refractivity contribution is 8.18. The third-order valence-corrected chi connectivity index (χ3v) is 5.10. The van der Waals surface area contributed by atoms with E-state index in [2.05, 4.69) is 0 Å². The molecule has 0 atom stereocenters. The van der Waals surface area contributed by atoms with Crippen LogP contribution in [0.25, 0.3) is 0 Å². The van der Waals surface area contributed by atoms with Gasteiger partial charge in [-0.2, -0.15) is 26.3 Å². The van der Waals surface area contributed by atoms with Gasteiger partial charge in [0.25, 0.3) is 0 Å². The van der Waals surface area contributed by atoms with E-state index >= 15 is 0 Å². The van der Waals surface area contributed by atoms with Crippen molar-refractivity contribution in [1.82, 2.24) is 10.6 Å². The second-order valence-electron chi connectivity index (χ2n) is 4.60. The summed E-state index contributed by atoms with van der Waals surface area (Å²) in [5.74, 6) is -3.62. The third kappa shape index (κ3) is 10.6. The van der Waals surface area contributed by atoms with Crippen LogP contribution >= 0.6 is 23.5 Å². The van der Waals surface area contributed by atoms with Crippen molar-refractivity contribution >= 4 is 35.3 Å². The highest BCUT2D eigenvalue weighted by atomic mass is 32.2. The van der Waals surface area contributed by atoms with Crippen molar-refractivity contribution in [2.45, 2.75) is 30.3 Å². The number of hydrogen-bond donors (Lipinski definition) is 2. The van der Waals surface area contributed by atoms with E-state index in [0.29, 0.717) is 0 Å². The zero-order valence-corrected chi connectivity index (χ0v) is 13.9. The summed E-state index contributed by atoms with van der Waals surface area (Å²) >= 11 is 2.48. The molecule has 23 heavy (non-hydrogen) atoms. The largest absolute Gasteiger partial charge is 0.471 e. The van der Waals surface area contributed by atoms with Crippen LogP contribution in [0, 0.1) is 0 Å². The van der Waals surface area contributed by atoms with Crippen LogP contribution in [-0.4, -0.2) is 52.8 Å². The Bertz CT molecular complexity index is 376. The summed E-state index contributed by atoms with van der Waals surface area (Å²) in [5.41, 5.74) is 0. The molecule has 0 aromatic carbocycles. The van der Waals surface area contributed by atoms with Crippen molar-refractivity contribution in [3.8, 4) is 0 Å². The summed E-state index contributed by atoms with van der Waals surface area (Å²) < 4.78 is 71.1. The van der Waals surface area contributed by atoms with Gasteiger partial charge in [-0.05, 0) is 13.8 Å². The normalized spacial score (nSPS) is 12.9. The maximum atomic E-state index is 11.9. The number of rotatable bonds is 8. The van der Waals surface area contributed by atoms with Crippen LogP contribution in [0.5, 0.6) is 0 Å². The van der Waals surface area contributed by atoms with Gasteiger partial charge in [0.2, 0.25) is 0 Å². The topological polar surface area (TPSA) is 58.2 Å². The van der Waals surface area contributed by atoms with Gasteiger partial charge in [-0.15, -0.1) is 23.5 Å². The third-order valence-electron chi connectivity index (χ3n) is 2.19. The molecule has 0 rings (SSSR count). The average Bonchev–Trinajstić information content (AvgIpc) is 2.37. The van der Waals surface area contributed by atoms with Crippen LogP contribution < -0.4 is 10.6 Å². The van der Waals surface area contributed by atoms with Crippen molar-refractivity contribution in [2.24, 2.45) is 0 Å². The van der Waals surface area contributed by atoms with Crippen molar-refractivity contribution in [1.29, 1.82) is 0 Å². The molecule has 0 saturated heterocycles. The van der Waals surface area contributed by atoms with E-state index in [4.69, 9.17) is 0 Å². The van der Waals surface area contributed by atoms with Crippen LogP contribution in [0.4, 0.5) is 26.3 Å². The summed E-state index contributed by atoms with van der Waals surface area (Å²) in [5, 5.41) is 3.44. The number of carbonyl (C=O) groups excluding carboxylic acids is 2.